The molecule has 0 atom stereocenters. The first-order valence-electron chi connectivity index (χ1n) is 8.02. The monoisotopic (exact) mass is 280 g/mol. The standard InChI is InChI=1S/C19H24N2/c1-4-10-17(11-5-1)19(18-12-6-2-7-13-18)16-20-21-14-8-3-9-15-21/h1-2,4-7,10-13,19-20H,3,8-9,14-16H2. The Morgan fingerprint density at radius 3 is 1.81 bits per heavy atom. The summed E-state index contributed by atoms with van der Waals surface area (Å²) in [4.78, 5) is 0. The normalized spacial score (nSPS) is 16.2. The summed E-state index contributed by atoms with van der Waals surface area (Å²) in [6, 6.07) is 21.6. The van der Waals surface area contributed by atoms with Gasteiger partial charge in [0.05, 0.1) is 0 Å². The Hall–Kier alpha value is -1.64. The van der Waals surface area contributed by atoms with Crippen molar-refractivity contribution in [2.45, 2.75) is 25.2 Å². The lowest BCUT2D eigenvalue weighted by atomic mass is 9.91. The molecule has 0 radical (unpaired) electrons. The summed E-state index contributed by atoms with van der Waals surface area (Å²) in [7, 11) is 0. The molecule has 1 aliphatic rings. The average molecular weight is 280 g/mol. The van der Waals surface area contributed by atoms with Gasteiger partial charge >= 0.3 is 0 Å². The van der Waals surface area contributed by atoms with E-state index in [1.807, 2.05) is 0 Å². The molecule has 0 spiro atoms. The van der Waals surface area contributed by atoms with E-state index in [2.05, 4.69) is 71.1 Å². The van der Waals surface area contributed by atoms with E-state index in [-0.39, 0.29) is 0 Å². The van der Waals surface area contributed by atoms with Gasteiger partial charge in [-0.1, -0.05) is 67.1 Å². The molecule has 2 aromatic carbocycles. The summed E-state index contributed by atoms with van der Waals surface area (Å²) in [5.74, 6) is 0.411. The van der Waals surface area contributed by atoms with Gasteiger partial charge in [0.2, 0.25) is 0 Å². The van der Waals surface area contributed by atoms with Crippen LogP contribution in [0, 0.1) is 0 Å². The van der Waals surface area contributed by atoms with Crippen LogP contribution in [0.4, 0.5) is 0 Å². The molecule has 1 aliphatic heterocycles. The van der Waals surface area contributed by atoms with E-state index < -0.39 is 0 Å². The van der Waals surface area contributed by atoms with Crippen LogP contribution in [0.1, 0.15) is 36.3 Å². The van der Waals surface area contributed by atoms with Crippen LogP contribution in [0.3, 0.4) is 0 Å². The van der Waals surface area contributed by atoms with Gasteiger partial charge in [0.15, 0.2) is 0 Å². The highest BCUT2D eigenvalue weighted by atomic mass is 15.5. The van der Waals surface area contributed by atoms with Crippen molar-refractivity contribution >= 4 is 0 Å². The summed E-state index contributed by atoms with van der Waals surface area (Å²) in [5, 5.41) is 2.39. The number of hydrogen-bond acceptors (Lipinski definition) is 2. The lowest BCUT2D eigenvalue weighted by Gasteiger charge is -2.29. The topological polar surface area (TPSA) is 15.3 Å². The van der Waals surface area contributed by atoms with Crippen LogP contribution in [-0.4, -0.2) is 24.6 Å². The van der Waals surface area contributed by atoms with Gasteiger partial charge in [-0.25, -0.2) is 5.01 Å². The molecule has 0 bridgehead atoms. The number of hydrazine groups is 1. The fourth-order valence-corrected chi connectivity index (χ4v) is 3.07. The highest BCUT2D eigenvalue weighted by Gasteiger charge is 2.16. The maximum Gasteiger partial charge on any atom is 0.0228 e. The van der Waals surface area contributed by atoms with Gasteiger partial charge in [0.25, 0.3) is 0 Å². The van der Waals surface area contributed by atoms with Crippen molar-refractivity contribution in [3.8, 4) is 0 Å². The Kier molecular flexibility index (Phi) is 5.03. The summed E-state index contributed by atoms with van der Waals surface area (Å²) < 4.78 is 0. The molecule has 2 heteroatoms. The first kappa shape index (κ1) is 14.3. The Labute approximate surface area is 127 Å². The molecule has 0 aromatic heterocycles. The van der Waals surface area contributed by atoms with Gasteiger partial charge in [0.1, 0.15) is 0 Å². The third-order valence-corrected chi connectivity index (χ3v) is 4.28. The molecule has 2 aromatic rings. The molecule has 0 aliphatic carbocycles. The molecule has 0 amide bonds. The zero-order valence-electron chi connectivity index (χ0n) is 12.5. The molecule has 1 saturated heterocycles. The molecular formula is C19H24N2. The average Bonchev–Trinajstić information content (AvgIpc) is 2.58. The number of rotatable bonds is 5. The minimum Gasteiger partial charge on any atom is -0.254 e. The van der Waals surface area contributed by atoms with Crippen LogP contribution in [0.2, 0.25) is 0 Å². The van der Waals surface area contributed by atoms with Crippen LogP contribution in [0.15, 0.2) is 60.7 Å². The zero-order valence-corrected chi connectivity index (χ0v) is 12.5. The lowest BCUT2D eigenvalue weighted by molar-refractivity contribution is 0.152. The smallest absolute Gasteiger partial charge is 0.0228 e. The first-order valence-corrected chi connectivity index (χ1v) is 8.02. The van der Waals surface area contributed by atoms with Gasteiger partial charge < -0.3 is 0 Å². The molecule has 3 rings (SSSR count). The van der Waals surface area contributed by atoms with Crippen molar-refractivity contribution in [2.75, 3.05) is 19.6 Å². The van der Waals surface area contributed by atoms with Gasteiger partial charge in [-0.3, -0.25) is 5.43 Å². The summed E-state index contributed by atoms with van der Waals surface area (Å²) in [5.41, 5.74) is 6.42. The number of benzene rings is 2. The van der Waals surface area contributed by atoms with Crippen LogP contribution in [0.5, 0.6) is 0 Å². The molecule has 1 heterocycles. The van der Waals surface area contributed by atoms with E-state index >= 15 is 0 Å². The Morgan fingerprint density at radius 2 is 1.29 bits per heavy atom. The zero-order chi connectivity index (χ0) is 14.3. The summed E-state index contributed by atoms with van der Waals surface area (Å²) >= 11 is 0. The van der Waals surface area contributed by atoms with Crippen LogP contribution in [-0.2, 0) is 0 Å². The van der Waals surface area contributed by atoms with Crippen LogP contribution >= 0.6 is 0 Å². The van der Waals surface area contributed by atoms with Crippen molar-refractivity contribution < 1.29 is 0 Å². The largest absolute Gasteiger partial charge is 0.254 e. The van der Waals surface area contributed by atoms with E-state index in [0.717, 1.165) is 6.54 Å². The number of piperidine rings is 1. The second-order valence-corrected chi connectivity index (χ2v) is 5.78. The summed E-state index contributed by atoms with van der Waals surface area (Å²) in [6.07, 6.45) is 4.00. The van der Waals surface area contributed by atoms with Gasteiger partial charge in [0, 0.05) is 25.6 Å². The Balaban J connectivity index is 1.73. The van der Waals surface area contributed by atoms with E-state index in [1.165, 1.54) is 43.5 Å². The van der Waals surface area contributed by atoms with Gasteiger partial charge in [-0.15, -0.1) is 0 Å². The lowest BCUT2D eigenvalue weighted by Crippen LogP contribution is -2.43. The predicted molar refractivity (Wildman–Crippen MR) is 88.2 cm³/mol. The van der Waals surface area contributed by atoms with E-state index in [4.69, 9.17) is 0 Å². The van der Waals surface area contributed by atoms with Gasteiger partial charge in [-0.05, 0) is 24.0 Å². The molecule has 0 saturated carbocycles. The Bertz CT molecular complexity index is 478. The number of nitrogens with one attached hydrogen (secondary N) is 1. The molecule has 2 nitrogen and oxygen atoms in total. The highest BCUT2D eigenvalue weighted by Crippen LogP contribution is 2.24. The molecule has 1 fully saturated rings. The van der Waals surface area contributed by atoms with Crippen LogP contribution < -0.4 is 5.43 Å². The third-order valence-electron chi connectivity index (χ3n) is 4.28. The van der Waals surface area contributed by atoms with Crippen molar-refractivity contribution in [3.05, 3.63) is 71.8 Å². The number of nitrogens with zero attached hydrogens (tertiary/aromatic N) is 1. The van der Waals surface area contributed by atoms with E-state index in [0.29, 0.717) is 5.92 Å². The fourth-order valence-electron chi connectivity index (χ4n) is 3.07. The van der Waals surface area contributed by atoms with Crippen molar-refractivity contribution in [2.24, 2.45) is 0 Å². The third kappa shape index (κ3) is 3.93. The quantitative estimate of drug-likeness (QED) is 0.896. The maximum atomic E-state index is 3.65. The predicted octanol–water partition coefficient (Wildman–Crippen LogP) is 3.81. The Morgan fingerprint density at radius 1 is 0.762 bits per heavy atom. The van der Waals surface area contributed by atoms with Crippen molar-refractivity contribution in [1.29, 1.82) is 0 Å². The maximum absolute atomic E-state index is 3.65. The second kappa shape index (κ2) is 7.39. The van der Waals surface area contributed by atoms with E-state index in [1.54, 1.807) is 0 Å². The highest BCUT2D eigenvalue weighted by molar-refractivity contribution is 5.32. The SMILES string of the molecule is c1ccc(C(CNN2CCCCC2)c2ccccc2)cc1. The molecule has 1 N–H and O–H groups in total. The number of hydrogen-bond donors (Lipinski definition) is 1. The first-order chi connectivity index (χ1) is 10.4. The van der Waals surface area contributed by atoms with E-state index in [9.17, 15) is 0 Å². The fraction of sp³-hybridized carbons (Fsp3) is 0.368. The van der Waals surface area contributed by atoms with Crippen molar-refractivity contribution in [3.63, 3.8) is 0 Å². The minimum absolute atomic E-state index is 0.411. The summed E-state index contributed by atoms with van der Waals surface area (Å²) in [6.45, 7) is 3.32. The minimum atomic E-state index is 0.411. The van der Waals surface area contributed by atoms with Crippen molar-refractivity contribution in [1.82, 2.24) is 10.4 Å². The van der Waals surface area contributed by atoms with Crippen LogP contribution in [0.25, 0.3) is 0 Å². The second-order valence-electron chi connectivity index (χ2n) is 5.78. The molecule has 21 heavy (non-hydrogen) atoms. The van der Waals surface area contributed by atoms with Gasteiger partial charge in [-0.2, -0.15) is 0 Å². The molecule has 0 unspecified atom stereocenters. The molecule has 110 valence electrons. The molecular weight excluding hydrogens is 256 g/mol.